The van der Waals surface area contributed by atoms with E-state index in [2.05, 4.69) is 10.0 Å². The summed E-state index contributed by atoms with van der Waals surface area (Å²) in [5, 5.41) is 12.8. The summed E-state index contributed by atoms with van der Waals surface area (Å²) in [4.78, 5) is 21.2. The molecular formula is C27H26N4O5. The summed E-state index contributed by atoms with van der Waals surface area (Å²) in [6, 6.07) is 23.6. The Hall–Kier alpha value is -4.33. The van der Waals surface area contributed by atoms with E-state index >= 15 is 0 Å². The third-order valence-corrected chi connectivity index (χ3v) is 5.86. The highest BCUT2D eigenvalue weighted by Crippen LogP contribution is 2.45. The maximum atomic E-state index is 13.4. The first-order valence-corrected chi connectivity index (χ1v) is 11.5. The number of ether oxygens (including phenoxy) is 3. The minimum atomic E-state index is -1.46. The lowest BCUT2D eigenvalue weighted by atomic mass is 9.82. The molecule has 2 atom stereocenters. The minimum Gasteiger partial charge on any atom is -0.494 e. The van der Waals surface area contributed by atoms with Gasteiger partial charge in [-0.15, -0.1) is 0 Å². The SMILES string of the molecule is COC(=O)[C@]1(Cc2ccccc2)N=C(c2ccc(OCCCO)cc2)O[C@@H]1c1ccccc1N=[N+]=[N-]. The maximum Gasteiger partial charge on any atom is 0.338 e. The Morgan fingerprint density at radius 1 is 1.11 bits per heavy atom. The minimum absolute atomic E-state index is 0.0540. The molecule has 9 heteroatoms. The molecule has 0 bridgehead atoms. The van der Waals surface area contributed by atoms with Gasteiger partial charge in [0.1, 0.15) is 5.75 Å². The molecule has 0 saturated heterocycles. The Morgan fingerprint density at radius 3 is 2.53 bits per heavy atom. The van der Waals surface area contributed by atoms with E-state index < -0.39 is 17.6 Å². The highest BCUT2D eigenvalue weighted by atomic mass is 16.5. The Labute approximate surface area is 208 Å². The third kappa shape index (κ3) is 5.17. The number of azide groups is 1. The average molecular weight is 487 g/mol. The fourth-order valence-electron chi connectivity index (χ4n) is 4.17. The van der Waals surface area contributed by atoms with Gasteiger partial charge < -0.3 is 19.3 Å². The number of esters is 1. The van der Waals surface area contributed by atoms with Crippen molar-refractivity contribution in [3.63, 3.8) is 0 Å². The van der Waals surface area contributed by atoms with Crippen molar-refractivity contribution in [1.29, 1.82) is 0 Å². The lowest BCUT2D eigenvalue weighted by molar-refractivity contribution is -0.149. The second kappa shape index (κ2) is 11.4. The van der Waals surface area contributed by atoms with Crippen LogP contribution in [0.5, 0.6) is 5.75 Å². The predicted octanol–water partition coefficient (Wildman–Crippen LogP) is 5.06. The van der Waals surface area contributed by atoms with Crippen LogP contribution in [0.2, 0.25) is 0 Å². The van der Waals surface area contributed by atoms with Gasteiger partial charge in [0.2, 0.25) is 11.4 Å². The van der Waals surface area contributed by atoms with Crippen molar-refractivity contribution in [3.05, 3.63) is 106 Å². The standard InChI is InChI=1S/C27H26N4O5/c1-34-26(33)27(18-19-8-3-2-4-9-19)24(22-10-5-6-11-23(22)30-31-28)36-25(29-27)20-12-14-21(15-13-20)35-17-7-16-32/h2-6,8-15,24,32H,7,16-18H2,1H3/t24-,27-/m1/s1. The quantitative estimate of drug-likeness (QED) is 0.141. The van der Waals surface area contributed by atoms with E-state index in [4.69, 9.17) is 29.8 Å². The fraction of sp³-hybridized carbons (Fsp3) is 0.259. The van der Waals surface area contributed by atoms with Gasteiger partial charge in [-0.05, 0) is 35.4 Å². The van der Waals surface area contributed by atoms with Crippen LogP contribution >= 0.6 is 0 Å². The van der Waals surface area contributed by atoms with Crippen LogP contribution in [0.15, 0.2) is 89.0 Å². The third-order valence-electron chi connectivity index (χ3n) is 5.86. The molecule has 4 rings (SSSR count). The Bertz CT molecular complexity index is 1270. The molecule has 1 heterocycles. The summed E-state index contributed by atoms with van der Waals surface area (Å²) in [6.07, 6.45) is -0.158. The van der Waals surface area contributed by atoms with Crippen molar-refractivity contribution in [3.8, 4) is 5.75 Å². The number of carbonyl (C=O) groups excluding carboxylic acids is 1. The number of methoxy groups -OCH3 is 1. The molecule has 3 aromatic rings. The first-order valence-electron chi connectivity index (χ1n) is 11.5. The molecular weight excluding hydrogens is 460 g/mol. The molecule has 1 aliphatic rings. The maximum absolute atomic E-state index is 13.4. The van der Waals surface area contributed by atoms with Crippen molar-refractivity contribution in [2.75, 3.05) is 20.3 Å². The Balaban J connectivity index is 1.79. The van der Waals surface area contributed by atoms with Gasteiger partial charge in [0.05, 0.1) is 13.7 Å². The fourth-order valence-corrected chi connectivity index (χ4v) is 4.17. The van der Waals surface area contributed by atoms with E-state index in [1.54, 1.807) is 48.5 Å². The number of carbonyl (C=O) groups is 1. The normalized spacial score (nSPS) is 18.5. The van der Waals surface area contributed by atoms with E-state index in [1.807, 2.05) is 30.3 Å². The van der Waals surface area contributed by atoms with Crippen molar-refractivity contribution < 1.29 is 24.1 Å². The molecule has 0 aliphatic carbocycles. The van der Waals surface area contributed by atoms with E-state index in [1.165, 1.54) is 7.11 Å². The number of nitrogens with zero attached hydrogens (tertiary/aromatic N) is 4. The van der Waals surface area contributed by atoms with Gasteiger partial charge in [0.25, 0.3) is 0 Å². The van der Waals surface area contributed by atoms with Crippen molar-refractivity contribution in [2.45, 2.75) is 24.5 Å². The van der Waals surface area contributed by atoms with Crippen LogP contribution in [0.1, 0.15) is 29.2 Å². The van der Waals surface area contributed by atoms with Crippen LogP contribution in [0.4, 0.5) is 5.69 Å². The molecule has 36 heavy (non-hydrogen) atoms. The molecule has 0 amide bonds. The molecule has 1 N–H and O–H groups in total. The van der Waals surface area contributed by atoms with E-state index in [-0.39, 0.29) is 18.9 Å². The molecule has 0 fully saturated rings. The van der Waals surface area contributed by atoms with Crippen LogP contribution in [-0.2, 0) is 20.7 Å². The zero-order chi connectivity index (χ0) is 25.4. The first-order chi connectivity index (χ1) is 17.6. The van der Waals surface area contributed by atoms with E-state index in [0.717, 1.165) is 5.56 Å². The molecule has 184 valence electrons. The molecule has 0 spiro atoms. The average Bonchev–Trinajstić information content (AvgIpc) is 3.30. The van der Waals surface area contributed by atoms with Gasteiger partial charge in [-0.2, -0.15) is 0 Å². The van der Waals surface area contributed by atoms with Gasteiger partial charge in [-0.25, -0.2) is 9.79 Å². The number of aliphatic imine (C=N–C) groups is 1. The van der Waals surface area contributed by atoms with Crippen LogP contribution in [-0.4, -0.2) is 42.8 Å². The zero-order valence-electron chi connectivity index (χ0n) is 19.8. The molecule has 3 aromatic carbocycles. The topological polar surface area (TPSA) is 126 Å². The number of hydrogen-bond acceptors (Lipinski definition) is 7. The van der Waals surface area contributed by atoms with Crippen LogP contribution < -0.4 is 4.74 Å². The van der Waals surface area contributed by atoms with Crippen LogP contribution in [0.25, 0.3) is 10.4 Å². The predicted molar refractivity (Wildman–Crippen MR) is 134 cm³/mol. The Morgan fingerprint density at radius 2 is 1.83 bits per heavy atom. The van der Waals surface area contributed by atoms with Gasteiger partial charge in [-0.1, -0.05) is 59.7 Å². The molecule has 0 unspecified atom stereocenters. The van der Waals surface area contributed by atoms with Crippen LogP contribution in [0, 0.1) is 0 Å². The molecule has 9 nitrogen and oxygen atoms in total. The number of benzene rings is 3. The lowest BCUT2D eigenvalue weighted by Crippen LogP contribution is -2.44. The van der Waals surface area contributed by atoms with E-state index in [9.17, 15) is 4.79 Å². The summed E-state index contributed by atoms with van der Waals surface area (Å²) in [5.74, 6) is 0.338. The monoisotopic (exact) mass is 486 g/mol. The Kier molecular flexibility index (Phi) is 7.85. The van der Waals surface area contributed by atoms with Crippen molar-refractivity contribution in [2.24, 2.45) is 10.1 Å². The lowest BCUT2D eigenvalue weighted by Gasteiger charge is -2.30. The summed E-state index contributed by atoms with van der Waals surface area (Å²) >= 11 is 0. The first kappa shape index (κ1) is 24.8. The number of aliphatic hydroxyl groups is 1. The second-order valence-electron chi connectivity index (χ2n) is 8.19. The largest absolute Gasteiger partial charge is 0.494 e. The molecule has 0 radical (unpaired) electrons. The summed E-state index contributed by atoms with van der Waals surface area (Å²) < 4.78 is 17.2. The zero-order valence-corrected chi connectivity index (χ0v) is 19.8. The van der Waals surface area contributed by atoms with E-state index in [0.29, 0.717) is 35.6 Å². The van der Waals surface area contributed by atoms with Gasteiger partial charge in [0, 0.05) is 41.2 Å². The summed E-state index contributed by atoms with van der Waals surface area (Å²) in [5.41, 5.74) is 10.0. The smallest absolute Gasteiger partial charge is 0.338 e. The van der Waals surface area contributed by atoms with Crippen LogP contribution in [0.3, 0.4) is 0 Å². The highest BCUT2D eigenvalue weighted by molar-refractivity contribution is 6.00. The van der Waals surface area contributed by atoms with Crippen molar-refractivity contribution in [1.82, 2.24) is 0 Å². The molecule has 1 aliphatic heterocycles. The van der Waals surface area contributed by atoms with Gasteiger partial charge in [-0.3, -0.25) is 0 Å². The van der Waals surface area contributed by atoms with Gasteiger partial charge in [0.15, 0.2) is 6.10 Å². The number of aliphatic hydroxyl groups excluding tert-OH is 1. The molecule has 0 aromatic heterocycles. The summed E-state index contributed by atoms with van der Waals surface area (Å²) in [7, 11) is 1.32. The van der Waals surface area contributed by atoms with Crippen molar-refractivity contribution >= 4 is 17.6 Å². The highest BCUT2D eigenvalue weighted by Gasteiger charge is 2.54. The van der Waals surface area contributed by atoms with Gasteiger partial charge >= 0.3 is 5.97 Å². The number of rotatable bonds is 10. The summed E-state index contributed by atoms with van der Waals surface area (Å²) in [6.45, 7) is 0.451. The number of hydrogen-bond donors (Lipinski definition) is 1. The molecule has 0 saturated carbocycles. The second-order valence-corrected chi connectivity index (χ2v) is 8.19.